The summed E-state index contributed by atoms with van der Waals surface area (Å²) in [5, 5.41) is 7.92. The molecule has 0 aliphatic rings. The first kappa shape index (κ1) is 70.7. The summed E-state index contributed by atoms with van der Waals surface area (Å²) in [6.45, 7) is 3.38. The minimum Gasteiger partial charge on any atom is -0.745 e. The second kappa shape index (κ2) is 33.7. The number of nitrogens with one attached hydrogen (secondary N) is 3. The van der Waals surface area contributed by atoms with Gasteiger partial charge in [0.2, 0.25) is 11.8 Å². The Balaban J connectivity index is 0.00000369. The fraction of sp³-hybridized carbons (Fsp3) is 0.0698. The van der Waals surface area contributed by atoms with Crippen molar-refractivity contribution >= 4 is 82.0 Å². The molecule has 0 saturated heterocycles. The van der Waals surface area contributed by atoms with Crippen LogP contribution in [0.25, 0.3) is 22.3 Å². The summed E-state index contributed by atoms with van der Waals surface area (Å²) in [5.74, 6) is -1.78. The third-order valence-corrected chi connectivity index (χ3v) is 10.6. The summed E-state index contributed by atoms with van der Waals surface area (Å²) in [5.41, 5.74) is 2.95. The molecule has 0 atom stereocenters. The van der Waals surface area contributed by atoms with Gasteiger partial charge in [-0.1, -0.05) is 60.0 Å². The maximum atomic E-state index is 13.1. The molecule has 19 nitrogen and oxygen atoms in total. The third kappa shape index (κ3) is 23.1. The summed E-state index contributed by atoms with van der Waals surface area (Å²) in [7, 11) is -16.0. The van der Waals surface area contributed by atoms with Crippen LogP contribution in [0.2, 0.25) is 0 Å². The van der Waals surface area contributed by atoms with E-state index in [0.717, 1.165) is 6.07 Å². The number of aryl methyl sites for hydroxylation is 1. The molecule has 0 bridgehead atoms. The summed E-state index contributed by atoms with van der Waals surface area (Å²) in [6.07, 6.45) is 0.287. The maximum absolute atomic E-state index is 13.1. The summed E-state index contributed by atoms with van der Waals surface area (Å²) >= 11 is 0. The van der Waals surface area contributed by atoms with E-state index in [1.165, 1.54) is 91.0 Å². The molecule has 27 heteroatoms. The monoisotopic (exact) mass is 1500 g/mol. The molecule has 0 aliphatic carbocycles. The quantitative estimate of drug-likeness (QED) is 0.0583. The normalized spacial score (nSPS) is 10.1. The van der Waals surface area contributed by atoms with Gasteiger partial charge in [-0.15, -0.1) is 84.9 Å². The van der Waals surface area contributed by atoms with Crippen molar-refractivity contribution in [2.75, 3.05) is 16.0 Å². The molecule has 6 aromatic carbocycles. The fourth-order valence-electron chi connectivity index (χ4n) is 5.85. The Hall–Kier alpha value is 0.668. The first-order chi connectivity index (χ1) is 31.0. The maximum Gasteiger partial charge on any atom is 1.00 e. The third-order valence-electron chi connectivity index (χ3n) is 8.81. The molecule has 6 rings (SSSR count). The molecular formula is C43H31Cs4N3O16S4. The first-order valence-corrected chi connectivity index (χ1v) is 23.2. The number of Topliss-reactive ketones (excluding diaryl/α,β-unsaturated/α-hetero) is 1. The minimum absolute atomic E-state index is 0. The number of benzene rings is 6. The smallest absolute Gasteiger partial charge is 0.745 e. The van der Waals surface area contributed by atoms with E-state index in [1.54, 1.807) is 38.1 Å². The number of ketones is 1. The van der Waals surface area contributed by atoms with Gasteiger partial charge < -0.3 is 25.1 Å². The van der Waals surface area contributed by atoms with Crippen molar-refractivity contribution in [3.63, 3.8) is 0 Å². The van der Waals surface area contributed by atoms with Gasteiger partial charge in [0.1, 0.15) is 20.2 Å². The standard InChI is InChI=1S/C43H33N3O10S2.4Cs.2O3S/c1-3-38(47)31-5-4-6-32(24-31)43(50)45-34-18-14-28(15-19-34)37-22-20-35(25-40(37)58(54,55)56)46-42(49)30-10-8-29(9-11-30)41(48)44-33-16-12-27(13-17-33)36-21-7-26(2)23-39(36)57(51,52)53;;;;;2*1-4(2)3/h4-12,14,16-25H,3H2,1-2H3,(H,44,48)(H,45,50)(H,46,49)(H,51,52,53)(H,54,55,56);;;;;;/q-2;4*+1;;/p-2. The summed E-state index contributed by atoms with van der Waals surface area (Å²) in [4.78, 5) is 49.9. The number of carbonyl (C=O) groups excluding carboxylic acids is 4. The second-order valence-electron chi connectivity index (χ2n) is 13.3. The van der Waals surface area contributed by atoms with Crippen molar-refractivity contribution < 1.29 is 346 Å². The van der Waals surface area contributed by atoms with Crippen LogP contribution in [0.1, 0.15) is 60.3 Å². The number of carbonyl (C=O) groups is 4. The van der Waals surface area contributed by atoms with Gasteiger partial charge in [0, 0.05) is 44.2 Å². The molecule has 0 aromatic heterocycles. The van der Waals surface area contributed by atoms with Crippen molar-refractivity contribution in [2.45, 2.75) is 30.1 Å². The Kier molecular flexibility index (Phi) is 34.1. The Morgan fingerprint density at radius 3 is 1.27 bits per heavy atom. The molecule has 3 amide bonds. The van der Waals surface area contributed by atoms with Crippen LogP contribution in [0.4, 0.5) is 17.1 Å². The van der Waals surface area contributed by atoms with Crippen molar-refractivity contribution in [3.05, 3.63) is 161 Å². The first-order valence-electron chi connectivity index (χ1n) is 18.4. The number of hydrogen-bond donors (Lipinski definition) is 3. The van der Waals surface area contributed by atoms with E-state index in [4.69, 9.17) is 25.3 Å². The van der Waals surface area contributed by atoms with Gasteiger partial charge >= 0.3 is 297 Å². The Morgan fingerprint density at radius 2 is 0.871 bits per heavy atom. The molecule has 6 aromatic rings. The molecule has 0 saturated carbocycles. The van der Waals surface area contributed by atoms with Crippen molar-refractivity contribution in [3.8, 4) is 22.3 Å². The molecule has 0 fully saturated rings. The van der Waals surface area contributed by atoms with E-state index < -0.39 is 64.1 Å². The van der Waals surface area contributed by atoms with Crippen molar-refractivity contribution in [1.29, 1.82) is 0 Å². The molecule has 0 aliphatic heterocycles. The van der Waals surface area contributed by atoms with Gasteiger partial charge in [0.05, 0.1) is 0 Å². The Labute approximate surface area is 641 Å². The zero-order valence-corrected chi connectivity index (χ0v) is 66.3. The van der Waals surface area contributed by atoms with Crippen LogP contribution in [-0.2, 0) is 41.5 Å². The summed E-state index contributed by atoms with van der Waals surface area (Å²) < 4.78 is 123. The predicted octanol–water partition coefficient (Wildman–Crippen LogP) is -6.91. The van der Waals surface area contributed by atoms with Gasteiger partial charge in [-0.05, 0) is 66.8 Å². The van der Waals surface area contributed by atoms with Gasteiger partial charge in [-0.2, -0.15) is 0 Å². The van der Waals surface area contributed by atoms with E-state index >= 15 is 0 Å². The Bertz CT molecular complexity index is 3270. The largest absolute Gasteiger partial charge is 1.00 e. The van der Waals surface area contributed by atoms with Crippen LogP contribution in [-0.4, -0.2) is 74.7 Å². The number of hydrogen-bond acceptors (Lipinski definition) is 16. The molecule has 3 N–H and O–H groups in total. The van der Waals surface area contributed by atoms with Gasteiger partial charge in [-0.3, -0.25) is 19.2 Å². The minimum atomic E-state index is -5.05. The SMILES string of the molecule is CCC(=O)c1cccc(C(=O)Nc2c[c-]c(-c3ccc(NC(=O)c4ccc(C(=O)Nc5c[c-]c(-c6ccc(C)cc6S(=O)(=O)[O-])cc5)cc4)cc3S(=O)(=O)[O-])cc2)c1.O=S(=O)=O.O=S(=O)=O.[Cs+].[Cs+].[Cs+].[Cs+]. The van der Waals surface area contributed by atoms with Crippen LogP contribution < -0.4 is 292 Å². The molecule has 70 heavy (non-hydrogen) atoms. The fourth-order valence-corrected chi connectivity index (χ4v) is 7.35. The molecule has 0 spiro atoms. The van der Waals surface area contributed by atoms with E-state index in [-0.39, 0.29) is 332 Å². The average molecular weight is 1510 g/mol. The van der Waals surface area contributed by atoms with E-state index in [0.29, 0.717) is 28.1 Å². The molecule has 0 unspecified atom stereocenters. The van der Waals surface area contributed by atoms with E-state index in [1.807, 2.05) is 0 Å². The molecule has 342 valence electrons. The van der Waals surface area contributed by atoms with Crippen molar-refractivity contribution in [1.82, 2.24) is 0 Å². The zero-order chi connectivity index (χ0) is 48.9. The second-order valence-corrected chi connectivity index (χ2v) is 16.8. The van der Waals surface area contributed by atoms with Crippen LogP contribution >= 0.6 is 0 Å². The van der Waals surface area contributed by atoms with E-state index in [2.05, 4.69) is 28.1 Å². The van der Waals surface area contributed by atoms with Crippen LogP contribution in [0.3, 0.4) is 0 Å². The predicted molar refractivity (Wildman–Crippen MR) is 233 cm³/mol. The van der Waals surface area contributed by atoms with Crippen LogP contribution in [0.15, 0.2) is 131 Å². The van der Waals surface area contributed by atoms with Gasteiger partial charge in [0.15, 0.2) is 5.78 Å². The molecule has 0 heterocycles. The van der Waals surface area contributed by atoms with Gasteiger partial charge in [0.25, 0.3) is 5.91 Å². The number of amides is 3. The van der Waals surface area contributed by atoms with Gasteiger partial charge in [-0.25, -0.2) is 16.8 Å². The molecule has 0 radical (unpaired) electrons. The van der Waals surface area contributed by atoms with Crippen molar-refractivity contribution in [2.24, 2.45) is 0 Å². The number of rotatable bonds is 12. The van der Waals surface area contributed by atoms with E-state index in [9.17, 15) is 45.1 Å². The molecular weight excluding hydrogens is 1470 g/mol. The zero-order valence-electron chi connectivity index (χ0n) is 37.9. The Morgan fingerprint density at radius 1 is 0.500 bits per heavy atom. The van der Waals surface area contributed by atoms with Crippen LogP contribution in [0, 0.1) is 19.1 Å². The number of anilines is 3. The average Bonchev–Trinajstić information content (AvgIpc) is 3.26. The van der Waals surface area contributed by atoms with Crippen LogP contribution in [0.5, 0.6) is 0 Å². The summed E-state index contributed by atoms with van der Waals surface area (Å²) in [6, 6.07) is 34.6. The topological polar surface area (TPSA) is 321 Å².